The zero-order chi connectivity index (χ0) is 29.0. The molecule has 12 heteroatoms. The standard InChI is InChI=1S/C29H27F3N6O3/c1-2-25(40)38-13-3-4-20(17-38)35-28-26-24(10-12-34-27(26)36-37-28)41-23-7-5-18(6-8-23)14-22(39)16-21-15-19(9-11-33-21)29(30,31)32/h2,5-12,15,20H,1,3-4,13-14,16-17H2,(H2,34,35,36,37)/t20-/m1/s1. The summed E-state index contributed by atoms with van der Waals surface area (Å²) in [5.74, 6) is 1.23. The van der Waals surface area contributed by atoms with Crippen LogP contribution in [0.5, 0.6) is 11.5 Å². The number of aromatic amines is 1. The minimum absolute atomic E-state index is 0.00448. The first-order valence-electron chi connectivity index (χ1n) is 13.0. The maximum Gasteiger partial charge on any atom is 0.416 e. The van der Waals surface area contributed by atoms with Gasteiger partial charge in [-0.2, -0.15) is 18.3 Å². The van der Waals surface area contributed by atoms with Crippen molar-refractivity contribution < 1.29 is 27.5 Å². The number of H-pyrrole nitrogens is 1. The second-order valence-corrected chi connectivity index (χ2v) is 9.75. The van der Waals surface area contributed by atoms with E-state index in [2.05, 4.69) is 32.1 Å². The molecule has 9 nitrogen and oxygen atoms in total. The Balaban J connectivity index is 1.24. The van der Waals surface area contributed by atoms with E-state index in [0.29, 0.717) is 47.0 Å². The highest BCUT2D eigenvalue weighted by molar-refractivity contribution is 5.93. The van der Waals surface area contributed by atoms with Crippen LogP contribution >= 0.6 is 0 Å². The molecule has 1 amide bonds. The number of alkyl halides is 3. The number of nitrogens with one attached hydrogen (secondary N) is 2. The van der Waals surface area contributed by atoms with Crippen LogP contribution in [0.15, 0.2) is 67.5 Å². The fourth-order valence-corrected chi connectivity index (χ4v) is 4.78. The van der Waals surface area contributed by atoms with Gasteiger partial charge in [0.15, 0.2) is 11.5 Å². The molecule has 2 N–H and O–H groups in total. The molecule has 0 radical (unpaired) electrons. The average molecular weight is 565 g/mol. The van der Waals surface area contributed by atoms with Crippen LogP contribution in [0.3, 0.4) is 0 Å². The second kappa shape index (κ2) is 11.8. The molecular weight excluding hydrogens is 537 g/mol. The zero-order valence-corrected chi connectivity index (χ0v) is 21.9. The molecule has 0 aliphatic carbocycles. The van der Waals surface area contributed by atoms with Crippen molar-refractivity contribution in [1.82, 2.24) is 25.1 Å². The van der Waals surface area contributed by atoms with Crippen LogP contribution < -0.4 is 10.1 Å². The summed E-state index contributed by atoms with van der Waals surface area (Å²) in [4.78, 5) is 34.6. The highest BCUT2D eigenvalue weighted by Gasteiger charge is 2.31. The number of pyridine rings is 2. The van der Waals surface area contributed by atoms with Crippen LogP contribution in [-0.2, 0) is 28.6 Å². The second-order valence-electron chi connectivity index (χ2n) is 9.75. The number of rotatable bonds is 9. The van der Waals surface area contributed by atoms with Crippen LogP contribution in [0.4, 0.5) is 19.0 Å². The third-order valence-electron chi connectivity index (χ3n) is 6.75. The van der Waals surface area contributed by atoms with Crippen LogP contribution in [0, 0.1) is 0 Å². The molecule has 1 aliphatic rings. The lowest BCUT2D eigenvalue weighted by Crippen LogP contribution is -2.44. The van der Waals surface area contributed by atoms with Gasteiger partial charge in [-0.25, -0.2) is 4.98 Å². The number of anilines is 1. The molecule has 212 valence electrons. The Morgan fingerprint density at radius 3 is 2.66 bits per heavy atom. The monoisotopic (exact) mass is 564 g/mol. The fraction of sp³-hybridized carbons (Fsp3) is 0.276. The Hall–Kier alpha value is -4.74. The molecule has 1 aromatic carbocycles. The maximum atomic E-state index is 12.9. The lowest BCUT2D eigenvalue weighted by atomic mass is 10.0. The number of ether oxygens (including phenoxy) is 1. The molecule has 4 heterocycles. The van der Waals surface area contributed by atoms with E-state index < -0.39 is 11.7 Å². The van der Waals surface area contributed by atoms with Gasteiger partial charge in [-0.1, -0.05) is 18.7 Å². The van der Waals surface area contributed by atoms with E-state index in [-0.39, 0.29) is 36.3 Å². The largest absolute Gasteiger partial charge is 0.456 e. The number of hydrogen-bond donors (Lipinski definition) is 2. The Bertz CT molecular complexity index is 1570. The third kappa shape index (κ3) is 6.71. The summed E-state index contributed by atoms with van der Waals surface area (Å²) in [5, 5.41) is 11.3. The predicted octanol–water partition coefficient (Wildman–Crippen LogP) is 5.11. The van der Waals surface area contributed by atoms with Gasteiger partial charge >= 0.3 is 6.18 Å². The van der Waals surface area contributed by atoms with Crippen molar-refractivity contribution in [2.24, 2.45) is 0 Å². The Kier molecular flexibility index (Phi) is 7.99. The number of carbonyl (C=O) groups excluding carboxylic acids is 2. The van der Waals surface area contributed by atoms with E-state index in [1.165, 1.54) is 6.08 Å². The number of piperidine rings is 1. The number of hydrogen-bond acceptors (Lipinski definition) is 7. The van der Waals surface area contributed by atoms with E-state index in [0.717, 1.165) is 31.2 Å². The summed E-state index contributed by atoms with van der Waals surface area (Å²) in [7, 11) is 0. The molecule has 0 bridgehead atoms. The molecule has 0 unspecified atom stereocenters. The van der Waals surface area contributed by atoms with E-state index in [4.69, 9.17) is 4.74 Å². The summed E-state index contributed by atoms with van der Waals surface area (Å²) in [6.45, 7) is 4.78. The number of likely N-dealkylation sites (tertiary alicyclic amines) is 1. The molecule has 4 aromatic rings. The highest BCUT2D eigenvalue weighted by Crippen LogP contribution is 2.34. The molecule has 0 saturated carbocycles. The Morgan fingerprint density at radius 1 is 1.12 bits per heavy atom. The lowest BCUT2D eigenvalue weighted by Gasteiger charge is -2.32. The predicted molar refractivity (Wildman–Crippen MR) is 145 cm³/mol. The number of carbonyl (C=O) groups is 2. The summed E-state index contributed by atoms with van der Waals surface area (Å²) in [6.07, 6.45) is 1.04. The van der Waals surface area contributed by atoms with Crippen molar-refractivity contribution in [3.63, 3.8) is 0 Å². The van der Waals surface area contributed by atoms with E-state index in [1.807, 2.05) is 0 Å². The van der Waals surface area contributed by atoms with Crippen LogP contribution in [0.1, 0.15) is 29.7 Å². The number of halogens is 3. The van der Waals surface area contributed by atoms with Crippen molar-refractivity contribution in [2.45, 2.75) is 37.9 Å². The normalized spacial score (nSPS) is 15.5. The van der Waals surface area contributed by atoms with Gasteiger partial charge < -0.3 is 15.0 Å². The topological polar surface area (TPSA) is 113 Å². The number of ketones is 1. The number of nitrogens with zero attached hydrogens (tertiary/aromatic N) is 4. The minimum atomic E-state index is -4.49. The van der Waals surface area contributed by atoms with Crippen molar-refractivity contribution in [1.29, 1.82) is 0 Å². The number of fused-ring (bicyclic) bond motifs is 1. The third-order valence-corrected chi connectivity index (χ3v) is 6.75. The first-order valence-corrected chi connectivity index (χ1v) is 13.0. The molecule has 1 saturated heterocycles. The van der Waals surface area contributed by atoms with E-state index >= 15 is 0 Å². The Morgan fingerprint density at radius 2 is 1.90 bits per heavy atom. The molecular formula is C29H27F3N6O3. The number of benzene rings is 1. The summed E-state index contributed by atoms with van der Waals surface area (Å²) in [6, 6.07) is 10.4. The lowest BCUT2D eigenvalue weighted by molar-refractivity contribution is -0.137. The quantitative estimate of drug-likeness (QED) is 0.272. The number of Topliss-reactive ketones (excluding diaryl/α,β-unsaturated/α-hetero) is 1. The first-order chi connectivity index (χ1) is 19.7. The number of aromatic nitrogens is 4. The van der Waals surface area contributed by atoms with Crippen molar-refractivity contribution in [3.8, 4) is 11.5 Å². The summed E-state index contributed by atoms with van der Waals surface area (Å²) >= 11 is 0. The van der Waals surface area contributed by atoms with Gasteiger partial charge in [-0.15, -0.1) is 0 Å². The van der Waals surface area contributed by atoms with Crippen molar-refractivity contribution in [2.75, 3.05) is 18.4 Å². The molecule has 0 spiro atoms. The smallest absolute Gasteiger partial charge is 0.416 e. The van der Waals surface area contributed by atoms with Crippen LogP contribution in [0.25, 0.3) is 11.0 Å². The van der Waals surface area contributed by atoms with Gasteiger partial charge in [0.1, 0.15) is 22.7 Å². The van der Waals surface area contributed by atoms with Crippen LogP contribution in [0.2, 0.25) is 0 Å². The van der Waals surface area contributed by atoms with E-state index in [9.17, 15) is 22.8 Å². The molecule has 1 aliphatic heterocycles. The molecule has 1 atom stereocenters. The van der Waals surface area contributed by atoms with Crippen molar-refractivity contribution in [3.05, 3.63) is 84.3 Å². The zero-order valence-electron chi connectivity index (χ0n) is 21.9. The summed E-state index contributed by atoms with van der Waals surface area (Å²) < 4.78 is 45.0. The Labute approximate surface area is 233 Å². The molecule has 5 rings (SSSR count). The van der Waals surface area contributed by atoms with Gasteiger partial charge in [0.25, 0.3) is 0 Å². The fourth-order valence-electron chi connectivity index (χ4n) is 4.78. The van der Waals surface area contributed by atoms with E-state index in [1.54, 1.807) is 41.4 Å². The van der Waals surface area contributed by atoms with Gasteiger partial charge in [-0.3, -0.25) is 19.7 Å². The van der Waals surface area contributed by atoms with Crippen molar-refractivity contribution >= 4 is 28.5 Å². The highest BCUT2D eigenvalue weighted by atomic mass is 19.4. The number of amides is 1. The SMILES string of the molecule is C=CC(=O)N1CCC[C@@H](Nc2n[nH]c3nccc(Oc4ccc(CC(=O)Cc5cc(C(F)(F)F)ccn5)cc4)c23)C1. The molecule has 41 heavy (non-hydrogen) atoms. The molecule has 1 fully saturated rings. The van der Waals surface area contributed by atoms with Gasteiger partial charge in [0.2, 0.25) is 5.91 Å². The van der Waals surface area contributed by atoms with Crippen LogP contribution in [-0.4, -0.2) is 55.9 Å². The van der Waals surface area contributed by atoms with Gasteiger partial charge in [-0.05, 0) is 48.7 Å². The first kappa shape index (κ1) is 27.8. The molecule has 3 aromatic heterocycles. The minimum Gasteiger partial charge on any atom is -0.456 e. The van der Waals surface area contributed by atoms with Gasteiger partial charge in [0.05, 0.1) is 5.56 Å². The summed E-state index contributed by atoms with van der Waals surface area (Å²) in [5.41, 5.74) is 0.465. The van der Waals surface area contributed by atoms with Gasteiger partial charge in [0, 0.05) is 56.1 Å². The average Bonchev–Trinajstić information content (AvgIpc) is 3.37. The maximum absolute atomic E-state index is 12.9.